The highest BCUT2D eigenvalue weighted by atomic mass is 35.5. The molecule has 0 spiro atoms. The standard InChI is InChI=1S/C11H8ClNS/c1-2-8-9-5-3-4-7(6-13)10(9)14-11(8)12/h3-5H,2H2,1H3. The second-order valence-corrected chi connectivity index (χ2v) is 4.62. The van der Waals surface area contributed by atoms with Crippen LogP contribution in [-0.4, -0.2) is 0 Å². The van der Waals surface area contributed by atoms with Crippen LogP contribution in [0.3, 0.4) is 0 Å². The van der Waals surface area contributed by atoms with Gasteiger partial charge in [-0.25, -0.2) is 0 Å². The minimum Gasteiger partial charge on any atom is -0.192 e. The van der Waals surface area contributed by atoms with Gasteiger partial charge in [-0.2, -0.15) is 5.26 Å². The second kappa shape index (κ2) is 3.61. The number of hydrogen-bond donors (Lipinski definition) is 0. The van der Waals surface area contributed by atoms with Crippen molar-refractivity contribution in [3.8, 4) is 6.07 Å². The van der Waals surface area contributed by atoms with Gasteiger partial charge in [0, 0.05) is 0 Å². The van der Waals surface area contributed by atoms with Crippen LogP contribution < -0.4 is 0 Å². The molecule has 1 aromatic heterocycles. The number of hydrogen-bond acceptors (Lipinski definition) is 2. The van der Waals surface area contributed by atoms with Gasteiger partial charge in [0.25, 0.3) is 0 Å². The zero-order valence-electron chi connectivity index (χ0n) is 7.67. The van der Waals surface area contributed by atoms with Crippen molar-refractivity contribution in [3.05, 3.63) is 33.7 Å². The van der Waals surface area contributed by atoms with Gasteiger partial charge in [-0.3, -0.25) is 0 Å². The van der Waals surface area contributed by atoms with E-state index in [-0.39, 0.29) is 0 Å². The number of nitriles is 1. The second-order valence-electron chi connectivity index (χ2n) is 3.00. The van der Waals surface area contributed by atoms with Crippen molar-refractivity contribution in [3.63, 3.8) is 0 Å². The van der Waals surface area contributed by atoms with Gasteiger partial charge in [-0.15, -0.1) is 11.3 Å². The summed E-state index contributed by atoms with van der Waals surface area (Å²) in [5.74, 6) is 0. The maximum Gasteiger partial charge on any atom is 0.101 e. The molecule has 14 heavy (non-hydrogen) atoms. The molecular formula is C11H8ClNS. The summed E-state index contributed by atoms with van der Waals surface area (Å²) in [5, 5.41) is 10.0. The number of aryl methyl sites for hydroxylation is 1. The van der Waals surface area contributed by atoms with Crippen molar-refractivity contribution in [2.75, 3.05) is 0 Å². The molecule has 0 amide bonds. The van der Waals surface area contributed by atoms with Gasteiger partial charge in [0.15, 0.2) is 0 Å². The van der Waals surface area contributed by atoms with Crippen molar-refractivity contribution < 1.29 is 0 Å². The lowest BCUT2D eigenvalue weighted by Gasteiger charge is -1.94. The molecule has 70 valence electrons. The summed E-state index contributed by atoms with van der Waals surface area (Å²) in [6, 6.07) is 7.95. The van der Waals surface area contributed by atoms with Crippen molar-refractivity contribution in [2.45, 2.75) is 13.3 Å². The smallest absolute Gasteiger partial charge is 0.101 e. The van der Waals surface area contributed by atoms with Crippen molar-refractivity contribution in [1.82, 2.24) is 0 Å². The normalized spacial score (nSPS) is 10.4. The minimum absolute atomic E-state index is 0.717. The first kappa shape index (κ1) is 9.51. The van der Waals surface area contributed by atoms with Gasteiger partial charge in [-0.05, 0) is 23.4 Å². The average molecular weight is 222 g/mol. The molecule has 0 bridgehead atoms. The fraction of sp³-hybridized carbons (Fsp3) is 0.182. The first-order chi connectivity index (χ1) is 6.77. The van der Waals surface area contributed by atoms with Crippen LogP contribution in [-0.2, 0) is 6.42 Å². The molecule has 0 N–H and O–H groups in total. The quantitative estimate of drug-likeness (QED) is 0.715. The van der Waals surface area contributed by atoms with E-state index < -0.39 is 0 Å². The van der Waals surface area contributed by atoms with E-state index in [2.05, 4.69) is 13.0 Å². The molecular weight excluding hydrogens is 214 g/mol. The molecule has 1 nitrogen and oxygen atoms in total. The molecule has 0 aliphatic heterocycles. The minimum atomic E-state index is 0.717. The van der Waals surface area contributed by atoms with Crippen LogP contribution in [0.4, 0.5) is 0 Å². The summed E-state index contributed by atoms with van der Waals surface area (Å²) in [6.45, 7) is 2.08. The average Bonchev–Trinajstić information content (AvgIpc) is 2.52. The lowest BCUT2D eigenvalue weighted by molar-refractivity contribution is 1.17. The van der Waals surface area contributed by atoms with E-state index in [1.165, 1.54) is 11.3 Å². The van der Waals surface area contributed by atoms with Gasteiger partial charge in [0.1, 0.15) is 6.07 Å². The molecule has 0 fully saturated rings. The molecule has 0 saturated heterocycles. The summed E-state index contributed by atoms with van der Waals surface area (Å²) >= 11 is 7.60. The molecule has 3 heteroatoms. The Hall–Kier alpha value is -1.04. The Morgan fingerprint density at radius 1 is 1.50 bits per heavy atom. The Labute approximate surface area is 91.5 Å². The van der Waals surface area contributed by atoms with Crippen LogP contribution in [0, 0.1) is 11.3 Å². The summed E-state index contributed by atoms with van der Waals surface area (Å²) in [7, 11) is 0. The van der Waals surface area contributed by atoms with Gasteiger partial charge >= 0.3 is 0 Å². The Morgan fingerprint density at radius 3 is 2.93 bits per heavy atom. The van der Waals surface area contributed by atoms with Gasteiger partial charge in [0.05, 0.1) is 14.6 Å². The SMILES string of the molecule is CCc1c(Cl)sc2c(C#N)cccc12. The van der Waals surface area contributed by atoms with Crippen molar-refractivity contribution in [2.24, 2.45) is 0 Å². The first-order valence-electron chi connectivity index (χ1n) is 4.38. The third-order valence-corrected chi connectivity index (χ3v) is 3.77. The molecule has 0 atom stereocenters. The molecule has 0 unspecified atom stereocenters. The van der Waals surface area contributed by atoms with E-state index in [0.29, 0.717) is 5.56 Å². The highest BCUT2D eigenvalue weighted by molar-refractivity contribution is 7.23. The zero-order chi connectivity index (χ0) is 10.1. The van der Waals surface area contributed by atoms with Crippen LogP contribution in [0.1, 0.15) is 18.1 Å². The van der Waals surface area contributed by atoms with Crippen LogP contribution in [0.5, 0.6) is 0 Å². The van der Waals surface area contributed by atoms with E-state index in [9.17, 15) is 0 Å². The summed E-state index contributed by atoms with van der Waals surface area (Å²) in [6.07, 6.45) is 0.910. The molecule has 0 aliphatic carbocycles. The molecule has 0 saturated carbocycles. The van der Waals surface area contributed by atoms with E-state index in [4.69, 9.17) is 16.9 Å². The Bertz CT molecular complexity index is 522. The highest BCUT2D eigenvalue weighted by Gasteiger charge is 2.10. The monoisotopic (exact) mass is 221 g/mol. The summed E-state index contributed by atoms with van der Waals surface area (Å²) in [4.78, 5) is 0. The largest absolute Gasteiger partial charge is 0.192 e. The van der Waals surface area contributed by atoms with E-state index in [1.54, 1.807) is 0 Å². The fourth-order valence-electron chi connectivity index (χ4n) is 1.56. The Morgan fingerprint density at radius 2 is 2.29 bits per heavy atom. The lowest BCUT2D eigenvalue weighted by Crippen LogP contribution is -1.78. The third-order valence-electron chi connectivity index (χ3n) is 2.24. The number of thiophene rings is 1. The van der Waals surface area contributed by atoms with Crippen LogP contribution >= 0.6 is 22.9 Å². The van der Waals surface area contributed by atoms with Gasteiger partial charge in [0.2, 0.25) is 0 Å². The molecule has 2 rings (SSSR count). The molecule has 1 aromatic carbocycles. The van der Waals surface area contributed by atoms with Crippen molar-refractivity contribution >= 4 is 33.0 Å². The first-order valence-corrected chi connectivity index (χ1v) is 5.57. The lowest BCUT2D eigenvalue weighted by atomic mass is 10.1. The maximum absolute atomic E-state index is 8.92. The number of rotatable bonds is 1. The maximum atomic E-state index is 8.92. The van der Waals surface area contributed by atoms with Crippen molar-refractivity contribution in [1.29, 1.82) is 5.26 Å². The van der Waals surface area contributed by atoms with Crippen LogP contribution in [0.25, 0.3) is 10.1 Å². The van der Waals surface area contributed by atoms with Gasteiger partial charge < -0.3 is 0 Å². The van der Waals surface area contributed by atoms with Crippen LogP contribution in [0.2, 0.25) is 4.34 Å². The van der Waals surface area contributed by atoms with Gasteiger partial charge in [-0.1, -0.05) is 30.7 Å². The van der Waals surface area contributed by atoms with E-state index >= 15 is 0 Å². The zero-order valence-corrected chi connectivity index (χ0v) is 9.25. The molecule has 0 radical (unpaired) electrons. The van der Waals surface area contributed by atoms with Crippen LogP contribution in [0.15, 0.2) is 18.2 Å². The summed E-state index contributed by atoms with van der Waals surface area (Å²) in [5.41, 5.74) is 1.87. The predicted octanol–water partition coefficient (Wildman–Crippen LogP) is 3.99. The number of nitrogens with zero attached hydrogens (tertiary/aromatic N) is 1. The number of halogens is 1. The Kier molecular flexibility index (Phi) is 2.45. The highest BCUT2D eigenvalue weighted by Crippen LogP contribution is 2.36. The third kappa shape index (κ3) is 1.30. The van der Waals surface area contributed by atoms with E-state index in [0.717, 1.165) is 26.4 Å². The molecule has 1 heterocycles. The fourth-order valence-corrected chi connectivity index (χ4v) is 3.11. The number of benzene rings is 1. The summed E-state index contributed by atoms with van der Waals surface area (Å²) < 4.78 is 1.82. The molecule has 2 aromatic rings. The molecule has 0 aliphatic rings. The number of fused-ring (bicyclic) bond motifs is 1. The Balaban J connectivity index is 2.87. The predicted molar refractivity (Wildman–Crippen MR) is 60.9 cm³/mol. The topological polar surface area (TPSA) is 23.8 Å². The van der Waals surface area contributed by atoms with E-state index in [1.807, 2.05) is 18.2 Å².